The van der Waals surface area contributed by atoms with Gasteiger partial charge >= 0.3 is 5.91 Å². The fraction of sp³-hybridized carbons (Fsp3) is 0.211. The van der Waals surface area contributed by atoms with Crippen LogP contribution in [0.15, 0.2) is 39.6 Å². The number of halogens is 3. The van der Waals surface area contributed by atoms with E-state index in [1.54, 1.807) is 6.07 Å². The molecule has 0 atom stereocenters. The molecule has 2 heterocycles. The molecule has 0 aliphatic carbocycles. The summed E-state index contributed by atoms with van der Waals surface area (Å²) in [5.74, 6) is -2.19. The minimum atomic E-state index is -4.38. The maximum Gasteiger partial charge on any atom is 0.300 e. The van der Waals surface area contributed by atoms with Crippen LogP contribution in [0.2, 0.25) is 10.0 Å². The smallest absolute Gasteiger partial charge is 0.300 e. The van der Waals surface area contributed by atoms with E-state index >= 15 is 0 Å². The lowest BCUT2D eigenvalue weighted by Crippen LogP contribution is -2.36. The Labute approximate surface area is 181 Å². The molecule has 1 aliphatic heterocycles. The van der Waals surface area contributed by atoms with Crippen molar-refractivity contribution in [3.05, 3.63) is 52.0 Å². The number of anilines is 1. The predicted octanol–water partition coefficient (Wildman–Crippen LogP) is 4.22. The lowest BCUT2D eigenvalue weighted by atomic mass is 10.1. The Kier molecular flexibility index (Phi) is 5.29. The highest BCUT2D eigenvalue weighted by molar-refractivity contribution is 7.90. The molecule has 1 aliphatic rings. The molecule has 7 nitrogen and oxygen atoms in total. The first kappa shape index (κ1) is 20.8. The van der Waals surface area contributed by atoms with Gasteiger partial charge in [0.25, 0.3) is 10.0 Å². The Morgan fingerprint density at radius 3 is 2.60 bits per heavy atom. The van der Waals surface area contributed by atoms with E-state index in [0.717, 1.165) is 31.6 Å². The zero-order chi connectivity index (χ0) is 21.6. The molecule has 0 unspecified atom stereocenters. The standard InChI is InChI=1S/C19H15Cl2FN2O5S/c1-28-18-16(4-3-12(20)17(18)21)30(26,27)23-19(25)15-9-11-13(22)7-10(8-14(11)29-15)24-5-2-6-24/h3-4,7-9H,2,5-6H2,1H3,(H,23,25). The number of hydrogen-bond acceptors (Lipinski definition) is 6. The third-order valence-electron chi connectivity index (χ3n) is 4.75. The maximum absolute atomic E-state index is 14.4. The van der Waals surface area contributed by atoms with E-state index < -0.39 is 21.7 Å². The highest BCUT2D eigenvalue weighted by Gasteiger charge is 2.27. The lowest BCUT2D eigenvalue weighted by Gasteiger charge is -2.33. The summed E-state index contributed by atoms with van der Waals surface area (Å²) >= 11 is 11.9. The van der Waals surface area contributed by atoms with Gasteiger partial charge in [-0.3, -0.25) is 4.79 Å². The van der Waals surface area contributed by atoms with E-state index in [-0.39, 0.29) is 37.4 Å². The van der Waals surface area contributed by atoms with Crippen molar-refractivity contribution < 1.29 is 26.8 Å². The summed E-state index contributed by atoms with van der Waals surface area (Å²) in [6.07, 6.45) is 1.02. The Morgan fingerprint density at radius 2 is 1.97 bits per heavy atom. The van der Waals surface area contributed by atoms with E-state index in [1.807, 2.05) is 9.62 Å². The number of sulfonamides is 1. The van der Waals surface area contributed by atoms with Gasteiger partial charge in [-0.15, -0.1) is 0 Å². The Hall–Kier alpha value is -2.49. The van der Waals surface area contributed by atoms with E-state index in [1.165, 1.54) is 19.2 Å². The molecule has 1 aromatic heterocycles. The van der Waals surface area contributed by atoms with Crippen molar-refractivity contribution in [1.29, 1.82) is 0 Å². The number of amides is 1. The molecule has 1 N–H and O–H groups in total. The van der Waals surface area contributed by atoms with Gasteiger partial charge in [0.05, 0.1) is 17.5 Å². The summed E-state index contributed by atoms with van der Waals surface area (Å²) in [4.78, 5) is 14.1. The summed E-state index contributed by atoms with van der Waals surface area (Å²) < 4.78 is 52.2. The second kappa shape index (κ2) is 7.64. The molecule has 1 amide bonds. The Balaban J connectivity index is 1.66. The average molecular weight is 473 g/mol. The summed E-state index contributed by atoms with van der Waals surface area (Å²) in [6, 6.07) is 6.54. The number of carbonyl (C=O) groups excluding carboxylic acids is 1. The molecule has 2 aromatic carbocycles. The average Bonchev–Trinajstić information content (AvgIpc) is 3.07. The Bertz CT molecular complexity index is 1270. The first-order chi connectivity index (χ1) is 14.2. The van der Waals surface area contributed by atoms with Gasteiger partial charge in [-0.1, -0.05) is 23.2 Å². The quantitative estimate of drug-likeness (QED) is 0.597. The van der Waals surface area contributed by atoms with E-state index in [2.05, 4.69) is 0 Å². The number of hydrogen-bond donors (Lipinski definition) is 1. The zero-order valence-corrected chi connectivity index (χ0v) is 17.9. The monoisotopic (exact) mass is 472 g/mol. The van der Waals surface area contributed by atoms with Crippen LogP contribution in [0.5, 0.6) is 5.75 Å². The minimum absolute atomic E-state index is 0.0777. The lowest BCUT2D eigenvalue weighted by molar-refractivity contribution is 0.0956. The summed E-state index contributed by atoms with van der Waals surface area (Å²) in [6.45, 7) is 1.62. The van der Waals surface area contributed by atoms with Gasteiger partial charge < -0.3 is 14.1 Å². The van der Waals surface area contributed by atoms with Crippen molar-refractivity contribution in [3.63, 3.8) is 0 Å². The fourth-order valence-corrected chi connectivity index (χ4v) is 4.67. The van der Waals surface area contributed by atoms with E-state index in [4.69, 9.17) is 32.4 Å². The van der Waals surface area contributed by atoms with Crippen LogP contribution in [0.4, 0.5) is 10.1 Å². The molecule has 11 heteroatoms. The number of benzene rings is 2. The number of carbonyl (C=O) groups is 1. The van der Waals surface area contributed by atoms with Crippen LogP contribution in [0, 0.1) is 5.82 Å². The predicted molar refractivity (Wildman–Crippen MR) is 111 cm³/mol. The third-order valence-corrected chi connectivity index (χ3v) is 6.89. The SMILES string of the molecule is COc1c(S(=O)(=O)NC(=O)c2cc3c(F)cc(N4CCC4)cc3o2)ccc(Cl)c1Cl. The van der Waals surface area contributed by atoms with Crippen LogP contribution in [0.3, 0.4) is 0 Å². The van der Waals surface area contributed by atoms with Crippen molar-refractivity contribution in [2.45, 2.75) is 11.3 Å². The molecule has 30 heavy (non-hydrogen) atoms. The molecule has 158 valence electrons. The highest BCUT2D eigenvalue weighted by Crippen LogP contribution is 2.37. The highest BCUT2D eigenvalue weighted by atomic mass is 35.5. The van der Waals surface area contributed by atoms with Gasteiger partial charge in [0.2, 0.25) is 0 Å². The molecule has 1 fully saturated rings. The molecule has 0 spiro atoms. The van der Waals surface area contributed by atoms with Crippen molar-refractivity contribution in [3.8, 4) is 5.75 Å². The van der Waals surface area contributed by atoms with Crippen molar-refractivity contribution >= 4 is 55.8 Å². The fourth-order valence-electron chi connectivity index (χ4n) is 3.09. The zero-order valence-electron chi connectivity index (χ0n) is 15.5. The van der Waals surface area contributed by atoms with Crippen LogP contribution >= 0.6 is 23.2 Å². The second-order valence-electron chi connectivity index (χ2n) is 6.62. The first-order valence-corrected chi connectivity index (χ1v) is 11.0. The van der Waals surface area contributed by atoms with Crippen molar-refractivity contribution in [1.82, 2.24) is 4.72 Å². The number of methoxy groups -OCH3 is 1. The molecule has 1 saturated heterocycles. The number of furan rings is 1. The molecular weight excluding hydrogens is 458 g/mol. The number of nitrogens with one attached hydrogen (secondary N) is 1. The van der Waals surface area contributed by atoms with Gasteiger partial charge in [-0.05, 0) is 24.6 Å². The van der Waals surface area contributed by atoms with Crippen LogP contribution in [-0.2, 0) is 10.0 Å². The molecule has 0 saturated carbocycles. The summed E-state index contributed by atoms with van der Waals surface area (Å²) in [5, 5.41) is 0.0531. The van der Waals surface area contributed by atoms with Crippen LogP contribution in [-0.4, -0.2) is 34.5 Å². The molecule has 0 radical (unpaired) electrons. The van der Waals surface area contributed by atoms with Crippen LogP contribution in [0.1, 0.15) is 17.0 Å². The van der Waals surface area contributed by atoms with Crippen molar-refractivity contribution in [2.24, 2.45) is 0 Å². The minimum Gasteiger partial charge on any atom is -0.494 e. The second-order valence-corrected chi connectivity index (χ2v) is 9.05. The maximum atomic E-state index is 14.4. The van der Waals surface area contributed by atoms with Gasteiger partial charge in [0.1, 0.15) is 21.3 Å². The van der Waals surface area contributed by atoms with E-state index in [0.29, 0.717) is 5.69 Å². The number of ether oxygens (including phenoxy) is 1. The first-order valence-electron chi connectivity index (χ1n) is 8.78. The van der Waals surface area contributed by atoms with Crippen molar-refractivity contribution in [2.75, 3.05) is 25.1 Å². The van der Waals surface area contributed by atoms with Gasteiger partial charge in [-0.2, -0.15) is 0 Å². The van der Waals surface area contributed by atoms with E-state index in [9.17, 15) is 17.6 Å². The summed E-state index contributed by atoms with van der Waals surface area (Å²) in [7, 11) is -3.16. The van der Waals surface area contributed by atoms with Crippen LogP contribution < -0.4 is 14.4 Å². The van der Waals surface area contributed by atoms with Gasteiger partial charge in [0, 0.05) is 30.9 Å². The molecule has 4 rings (SSSR count). The Morgan fingerprint density at radius 1 is 1.23 bits per heavy atom. The van der Waals surface area contributed by atoms with Gasteiger partial charge in [0.15, 0.2) is 11.5 Å². The molecule has 3 aromatic rings. The number of nitrogens with zero attached hydrogens (tertiary/aromatic N) is 1. The van der Waals surface area contributed by atoms with Crippen LogP contribution in [0.25, 0.3) is 11.0 Å². The molecular formula is C19H15Cl2FN2O5S. The number of rotatable bonds is 5. The molecule has 0 bridgehead atoms. The topological polar surface area (TPSA) is 88.8 Å². The number of fused-ring (bicyclic) bond motifs is 1. The summed E-state index contributed by atoms with van der Waals surface area (Å²) in [5.41, 5.74) is 0.785. The normalized spacial score (nSPS) is 13.9. The largest absolute Gasteiger partial charge is 0.494 e. The van der Waals surface area contributed by atoms with Gasteiger partial charge in [-0.25, -0.2) is 17.5 Å². The third kappa shape index (κ3) is 3.57.